The normalized spacial score (nSPS) is 12.7. The molecular weight excluding hydrogens is 386 g/mol. The summed E-state index contributed by atoms with van der Waals surface area (Å²) >= 11 is 0. The van der Waals surface area contributed by atoms with Gasteiger partial charge in [0.05, 0.1) is 11.9 Å². The number of hydrogen-bond donors (Lipinski definition) is 2. The van der Waals surface area contributed by atoms with Crippen molar-refractivity contribution >= 4 is 34.6 Å². The van der Waals surface area contributed by atoms with Crippen LogP contribution in [0.5, 0.6) is 0 Å². The molecule has 0 aliphatic heterocycles. The Hall–Kier alpha value is -3.16. The monoisotopic (exact) mass is 415 g/mol. The summed E-state index contributed by atoms with van der Waals surface area (Å²) in [6.07, 6.45) is 0.550. The first kappa shape index (κ1) is 23.1. The number of ether oxygens (including phenoxy) is 2. The van der Waals surface area contributed by atoms with Crippen molar-refractivity contribution in [2.24, 2.45) is 0 Å². The van der Waals surface area contributed by atoms with Gasteiger partial charge >= 0.3 is 12.1 Å². The molecule has 8 heteroatoms. The van der Waals surface area contributed by atoms with Crippen molar-refractivity contribution in [3.8, 4) is 0 Å². The molecule has 0 unspecified atom stereocenters. The number of pyridine rings is 1. The maximum atomic E-state index is 12.8. The summed E-state index contributed by atoms with van der Waals surface area (Å²) in [5.74, 6) is -1.17. The van der Waals surface area contributed by atoms with Crippen molar-refractivity contribution < 1.29 is 23.9 Å². The fourth-order valence-electron chi connectivity index (χ4n) is 2.59. The number of fused-ring (bicyclic) bond motifs is 1. The summed E-state index contributed by atoms with van der Waals surface area (Å²) in [7, 11) is 0. The van der Waals surface area contributed by atoms with Gasteiger partial charge in [-0.15, -0.1) is 0 Å². The third-order valence-corrected chi connectivity index (χ3v) is 3.67. The summed E-state index contributed by atoms with van der Waals surface area (Å²) in [5, 5.41) is 6.03. The molecule has 1 heterocycles. The van der Waals surface area contributed by atoms with Gasteiger partial charge in [-0.05, 0) is 65.8 Å². The lowest BCUT2D eigenvalue weighted by Gasteiger charge is -2.24. The van der Waals surface area contributed by atoms with Gasteiger partial charge in [-0.25, -0.2) is 4.79 Å². The fourth-order valence-corrected chi connectivity index (χ4v) is 2.59. The number of nitrogens with zero attached hydrogens (tertiary/aromatic N) is 1. The minimum Gasteiger partial charge on any atom is -0.460 e. The summed E-state index contributed by atoms with van der Waals surface area (Å²) in [5.41, 5.74) is -0.161. The lowest BCUT2D eigenvalue weighted by molar-refractivity contribution is -0.156. The zero-order valence-electron chi connectivity index (χ0n) is 18.2. The molecule has 0 aliphatic carbocycles. The number of anilines is 1. The van der Waals surface area contributed by atoms with Crippen molar-refractivity contribution in [3.05, 3.63) is 36.5 Å². The lowest BCUT2D eigenvalue weighted by atomic mass is 10.1. The number of benzene rings is 1. The predicted octanol–water partition coefficient (Wildman–Crippen LogP) is 3.80. The molecule has 1 aromatic carbocycles. The van der Waals surface area contributed by atoms with Gasteiger partial charge in [0.15, 0.2) is 0 Å². The Labute approximate surface area is 176 Å². The van der Waals surface area contributed by atoms with E-state index in [0.29, 0.717) is 5.69 Å². The molecule has 0 saturated carbocycles. The van der Waals surface area contributed by atoms with E-state index < -0.39 is 35.2 Å². The molecule has 8 nitrogen and oxygen atoms in total. The van der Waals surface area contributed by atoms with E-state index in [2.05, 4.69) is 15.6 Å². The number of amides is 2. The van der Waals surface area contributed by atoms with Crippen molar-refractivity contribution in [3.63, 3.8) is 0 Å². The Morgan fingerprint density at radius 3 is 2.30 bits per heavy atom. The smallest absolute Gasteiger partial charge is 0.408 e. The number of carbonyl (C=O) groups is 3. The van der Waals surface area contributed by atoms with Crippen LogP contribution in [-0.2, 0) is 19.1 Å². The highest BCUT2D eigenvalue weighted by Gasteiger charge is 2.29. The van der Waals surface area contributed by atoms with E-state index in [1.54, 1.807) is 72.0 Å². The largest absolute Gasteiger partial charge is 0.460 e. The minimum absolute atomic E-state index is 0.336. The van der Waals surface area contributed by atoms with Crippen LogP contribution in [0.2, 0.25) is 0 Å². The highest BCUT2D eigenvalue weighted by molar-refractivity contribution is 6.00. The Bertz CT molecular complexity index is 898. The van der Waals surface area contributed by atoms with Gasteiger partial charge in [-0.2, -0.15) is 0 Å². The SMILES string of the molecule is CC(C)(C)OC(=O)C[C@H](NC(=O)OC(C)(C)C)C(=O)Nc1ccc2ncccc2c1. The van der Waals surface area contributed by atoms with E-state index in [-0.39, 0.29) is 6.42 Å². The molecule has 2 aromatic rings. The quantitative estimate of drug-likeness (QED) is 0.720. The van der Waals surface area contributed by atoms with Gasteiger partial charge in [0.1, 0.15) is 17.2 Å². The summed E-state index contributed by atoms with van der Waals surface area (Å²) in [6.45, 7) is 10.3. The molecule has 1 aromatic heterocycles. The molecular formula is C22H29N3O5. The van der Waals surface area contributed by atoms with E-state index in [9.17, 15) is 14.4 Å². The topological polar surface area (TPSA) is 107 Å². The van der Waals surface area contributed by atoms with Crippen LogP contribution in [-0.4, -0.2) is 40.2 Å². The number of nitrogens with one attached hydrogen (secondary N) is 2. The Morgan fingerprint density at radius 2 is 1.67 bits per heavy atom. The van der Waals surface area contributed by atoms with E-state index >= 15 is 0 Å². The first-order chi connectivity index (χ1) is 13.8. The highest BCUT2D eigenvalue weighted by atomic mass is 16.6. The maximum absolute atomic E-state index is 12.8. The van der Waals surface area contributed by atoms with E-state index in [1.165, 1.54) is 0 Å². The number of rotatable bonds is 5. The van der Waals surface area contributed by atoms with Crippen molar-refractivity contribution in [2.75, 3.05) is 5.32 Å². The minimum atomic E-state index is -1.17. The van der Waals surface area contributed by atoms with Crippen LogP contribution in [0.4, 0.5) is 10.5 Å². The van der Waals surface area contributed by atoms with Gasteiger partial charge < -0.3 is 20.1 Å². The average Bonchev–Trinajstić information content (AvgIpc) is 2.57. The van der Waals surface area contributed by atoms with Gasteiger partial charge in [0.2, 0.25) is 5.91 Å². The summed E-state index contributed by atoms with van der Waals surface area (Å²) in [6, 6.07) is 7.73. The zero-order chi connectivity index (χ0) is 22.5. The third kappa shape index (κ3) is 7.69. The van der Waals surface area contributed by atoms with Crippen molar-refractivity contribution in [2.45, 2.75) is 65.2 Å². The molecule has 30 heavy (non-hydrogen) atoms. The molecule has 0 radical (unpaired) electrons. The van der Waals surface area contributed by atoms with Crippen LogP contribution in [0.3, 0.4) is 0 Å². The maximum Gasteiger partial charge on any atom is 0.408 e. The third-order valence-electron chi connectivity index (χ3n) is 3.67. The Kier molecular flexibility index (Phi) is 7.02. The molecule has 0 bridgehead atoms. The average molecular weight is 415 g/mol. The van der Waals surface area contributed by atoms with E-state index in [1.807, 2.05) is 6.07 Å². The second-order valence-electron chi connectivity index (χ2n) is 8.89. The standard InChI is InChI=1S/C22H29N3O5/c1-21(2,3)29-18(26)13-17(25-20(28)30-22(4,5)6)19(27)24-15-9-10-16-14(12-15)8-7-11-23-16/h7-12,17H,13H2,1-6H3,(H,24,27)(H,25,28)/t17-/m0/s1. The van der Waals surface area contributed by atoms with Crippen LogP contribution in [0.15, 0.2) is 36.5 Å². The number of aromatic nitrogens is 1. The molecule has 0 spiro atoms. The molecule has 2 rings (SSSR count). The van der Waals surface area contributed by atoms with Crippen LogP contribution in [0.25, 0.3) is 10.9 Å². The summed E-state index contributed by atoms with van der Waals surface area (Å²) < 4.78 is 10.5. The zero-order valence-corrected chi connectivity index (χ0v) is 18.2. The second-order valence-corrected chi connectivity index (χ2v) is 8.89. The van der Waals surface area contributed by atoms with Gasteiger partial charge in [-0.3, -0.25) is 14.6 Å². The highest BCUT2D eigenvalue weighted by Crippen LogP contribution is 2.18. The lowest BCUT2D eigenvalue weighted by Crippen LogP contribution is -2.47. The summed E-state index contributed by atoms with van der Waals surface area (Å²) in [4.78, 5) is 41.5. The molecule has 162 valence electrons. The number of carbonyl (C=O) groups excluding carboxylic acids is 3. The van der Waals surface area contributed by atoms with E-state index in [4.69, 9.17) is 9.47 Å². The molecule has 0 aliphatic rings. The fraction of sp³-hybridized carbons (Fsp3) is 0.455. The number of hydrogen-bond acceptors (Lipinski definition) is 6. The van der Waals surface area contributed by atoms with Crippen LogP contribution < -0.4 is 10.6 Å². The van der Waals surface area contributed by atoms with Crippen LogP contribution in [0, 0.1) is 0 Å². The van der Waals surface area contributed by atoms with Crippen molar-refractivity contribution in [1.29, 1.82) is 0 Å². The van der Waals surface area contributed by atoms with Crippen LogP contribution in [0.1, 0.15) is 48.0 Å². The predicted molar refractivity (Wildman–Crippen MR) is 114 cm³/mol. The molecule has 1 atom stereocenters. The number of esters is 1. The van der Waals surface area contributed by atoms with E-state index in [0.717, 1.165) is 10.9 Å². The van der Waals surface area contributed by atoms with Crippen molar-refractivity contribution in [1.82, 2.24) is 10.3 Å². The second kappa shape index (κ2) is 9.11. The first-order valence-corrected chi connectivity index (χ1v) is 9.69. The number of alkyl carbamates (subject to hydrolysis) is 1. The Morgan fingerprint density at radius 1 is 1.00 bits per heavy atom. The van der Waals surface area contributed by atoms with Crippen LogP contribution >= 0.6 is 0 Å². The molecule has 2 N–H and O–H groups in total. The molecule has 0 saturated heterocycles. The first-order valence-electron chi connectivity index (χ1n) is 9.69. The van der Waals surface area contributed by atoms with Gasteiger partial charge in [0, 0.05) is 17.3 Å². The van der Waals surface area contributed by atoms with Gasteiger partial charge in [-0.1, -0.05) is 6.07 Å². The van der Waals surface area contributed by atoms with Gasteiger partial charge in [0.25, 0.3) is 0 Å². The Balaban J connectivity index is 2.16. The molecule has 2 amide bonds. The molecule has 0 fully saturated rings.